The SMILES string of the molecule is CCc1c(NC)ncnc1Nc1cc(C)ccc1C. The standard InChI is InChI=1S/C15H20N4/c1-5-12-14(16-4)17-9-18-15(12)19-13-8-10(2)6-7-11(13)3/h6-9H,5H2,1-4H3,(H2,16,17,18,19). The Balaban J connectivity index is 2.40. The molecule has 0 bridgehead atoms. The molecule has 4 nitrogen and oxygen atoms in total. The Kier molecular flexibility index (Phi) is 4.00. The van der Waals surface area contributed by atoms with Gasteiger partial charge in [-0.25, -0.2) is 9.97 Å². The normalized spacial score (nSPS) is 10.3. The summed E-state index contributed by atoms with van der Waals surface area (Å²) in [6.45, 7) is 6.28. The number of nitrogens with zero attached hydrogens (tertiary/aromatic N) is 2. The Bertz CT molecular complexity index is 578. The number of anilines is 3. The van der Waals surface area contributed by atoms with Crippen molar-refractivity contribution in [2.24, 2.45) is 0 Å². The first-order valence-corrected chi connectivity index (χ1v) is 6.51. The molecule has 1 aromatic heterocycles. The number of nitrogens with one attached hydrogen (secondary N) is 2. The van der Waals surface area contributed by atoms with Gasteiger partial charge in [0.25, 0.3) is 0 Å². The molecule has 4 heteroatoms. The zero-order chi connectivity index (χ0) is 13.8. The summed E-state index contributed by atoms with van der Waals surface area (Å²) in [5.41, 5.74) is 4.63. The summed E-state index contributed by atoms with van der Waals surface area (Å²) in [5, 5.41) is 6.52. The lowest BCUT2D eigenvalue weighted by Gasteiger charge is -2.14. The van der Waals surface area contributed by atoms with E-state index in [2.05, 4.69) is 59.6 Å². The summed E-state index contributed by atoms with van der Waals surface area (Å²) < 4.78 is 0. The van der Waals surface area contributed by atoms with Crippen LogP contribution in [0.5, 0.6) is 0 Å². The van der Waals surface area contributed by atoms with Crippen LogP contribution in [0.4, 0.5) is 17.3 Å². The summed E-state index contributed by atoms with van der Waals surface area (Å²) in [4.78, 5) is 8.61. The van der Waals surface area contributed by atoms with Gasteiger partial charge in [-0.3, -0.25) is 0 Å². The molecule has 0 saturated carbocycles. The van der Waals surface area contributed by atoms with E-state index >= 15 is 0 Å². The minimum absolute atomic E-state index is 0.871. The second kappa shape index (κ2) is 5.69. The molecule has 0 amide bonds. The van der Waals surface area contributed by atoms with E-state index in [0.29, 0.717) is 0 Å². The van der Waals surface area contributed by atoms with Crippen LogP contribution in [-0.2, 0) is 6.42 Å². The molecule has 0 aliphatic heterocycles. The van der Waals surface area contributed by atoms with Crippen molar-refractivity contribution in [1.82, 2.24) is 9.97 Å². The van der Waals surface area contributed by atoms with Gasteiger partial charge in [0.1, 0.15) is 18.0 Å². The number of aromatic nitrogens is 2. The average molecular weight is 256 g/mol. The third-order valence-corrected chi connectivity index (χ3v) is 3.18. The molecule has 2 rings (SSSR count). The Morgan fingerprint density at radius 1 is 1.11 bits per heavy atom. The third kappa shape index (κ3) is 2.84. The first kappa shape index (κ1) is 13.3. The highest BCUT2D eigenvalue weighted by Gasteiger charge is 2.09. The molecule has 1 aromatic carbocycles. The summed E-state index contributed by atoms with van der Waals surface area (Å²) >= 11 is 0. The molecule has 0 saturated heterocycles. The van der Waals surface area contributed by atoms with Crippen molar-refractivity contribution >= 4 is 17.3 Å². The maximum Gasteiger partial charge on any atom is 0.139 e. The van der Waals surface area contributed by atoms with Crippen LogP contribution in [0, 0.1) is 13.8 Å². The predicted octanol–water partition coefficient (Wildman–Crippen LogP) is 3.44. The number of rotatable bonds is 4. The molecule has 0 fully saturated rings. The lowest BCUT2D eigenvalue weighted by Crippen LogP contribution is -2.05. The minimum Gasteiger partial charge on any atom is -0.373 e. The second-order valence-electron chi connectivity index (χ2n) is 4.60. The van der Waals surface area contributed by atoms with Crippen LogP contribution in [0.1, 0.15) is 23.6 Å². The summed E-state index contributed by atoms with van der Waals surface area (Å²) in [6, 6.07) is 6.36. The molecular formula is C15H20N4. The molecular weight excluding hydrogens is 236 g/mol. The van der Waals surface area contributed by atoms with E-state index in [1.165, 1.54) is 11.1 Å². The highest BCUT2D eigenvalue weighted by molar-refractivity contribution is 5.67. The van der Waals surface area contributed by atoms with Gasteiger partial charge >= 0.3 is 0 Å². The van der Waals surface area contributed by atoms with Gasteiger partial charge in [-0.1, -0.05) is 19.1 Å². The predicted molar refractivity (Wildman–Crippen MR) is 80.2 cm³/mol. The lowest BCUT2D eigenvalue weighted by molar-refractivity contribution is 1.05. The van der Waals surface area contributed by atoms with Crippen molar-refractivity contribution < 1.29 is 0 Å². The lowest BCUT2D eigenvalue weighted by atomic mass is 10.1. The monoisotopic (exact) mass is 256 g/mol. The largest absolute Gasteiger partial charge is 0.373 e. The molecule has 2 aromatic rings. The van der Waals surface area contributed by atoms with Crippen molar-refractivity contribution in [3.05, 3.63) is 41.2 Å². The van der Waals surface area contributed by atoms with E-state index in [0.717, 1.165) is 29.3 Å². The molecule has 2 N–H and O–H groups in total. The Morgan fingerprint density at radius 2 is 1.84 bits per heavy atom. The fraction of sp³-hybridized carbons (Fsp3) is 0.333. The summed E-state index contributed by atoms with van der Waals surface area (Å²) in [5.74, 6) is 1.75. The molecule has 0 radical (unpaired) electrons. The smallest absolute Gasteiger partial charge is 0.139 e. The van der Waals surface area contributed by atoms with Crippen LogP contribution >= 0.6 is 0 Å². The molecule has 19 heavy (non-hydrogen) atoms. The number of hydrogen-bond acceptors (Lipinski definition) is 4. The number of benzene rings is 1. The van der Waals surface area contributed by atoms with Crippen molar-refractivity contribution in [2.45, 2.75) is 27.2 Å². The molecule has 0 aliphatic rings. The zero-order valence-electron chi connectivity index (χ0n) is 11.9. The highest BCUT2D eigenvalue weighted by atomic mass is 15.1. The molecule has 0 unspecified atom stereocenters. The first-order valence-electron chi connectivity index (χ1n) is 6.51. The molecule has 0 atom stereocenters. The highest BCUT2D eigenvalue weighted by Crippen LogP contribution is 2.26. The van der Waals surface area contributed by atoms with Crippen molar-refractivity contribution in [1.29, 1.82) is 0 Å². The van der Waals surface area contributed by atoms with Gasteiger partial charge in [0, 0.05) is 18.3 Å². The molecule has 0 spiro atoms. The van der Waals surface area contributed by atoms with E-state index in [-0.39, 0.29) is 0 Å². The van der Waals surface area contributed by atoms with Gasteiger partial charge in [0.15, 0.2) is 0 Å². The van der Waals surface area contributed by atoms with Crippen LogP contribution < -0.4 is 10.6 Å². The maximum atomic E-state index is 4.36. The quantitative estimate of drug-likeness (QED) is 0.879. The van der Waals surface area contributed by atoms with Crippen LogP contribution in [-0.4, -0.2) is 17.0 Å². The number of hydrogen-bond donors (Lipinski definition) is 2. The van der Waals surface area contributed by atoms with Crippen LogP contribution in [0.25, 0.3) is 0 Å². The van der Waals surface area contributed by atoms with E-state index in [9.17, 15) is 0 Å². The Labute approximate surface area is 114 Å². The van der Waals surface area contributed by atoms with Gasteiger partial charge in [-0.15, -0.1) is 0 Å². The molecule has 1 heterocycles. The Morgan fingerprint density at radius 3 is 2.53 bits per heavy atom. The number of aryl methyl sites for hydroxylation is 2. The van der Waals surface area contributed by atoms with E-state index < -0.39 is 0 Å². The Hall–Kier alpha value is -2.10. The van der Waals surface area contributed by atoms with Crippen molar-refractivity contribution in [2.75, 3.05) is 17.7 Å². The molecule has 100 valence electrons. The fourth-order valence-electron chi connectivity index (χ4n) is 2.07. The molecule has 0 aliphatic carbocycles. The summed E-state index contributed by atoms with van der Waals surface area (Å²) in [6.07, 6.45) is 2.46. The van der Waals surface area contributed by atoms with Crippen molar-refractivity contribution in [3.8, 4) is 0 Å². The van der Waals surface area contributed by atoms with Crippen molar-refractivity contribution in [3.63, 3.8) is 0 Å². The minimum atomic E-state index is 0.871. The first-order chi connectivity index (χ1) is 9.15. The van der Waals surface area contributed by atoms with Gasteiger partial charge in [0.05, 0.1) is 0 Å². The fourth-order valence-corrected chi connectivity index (χ4v) is 2.07. The van der Waals surface area contributed by atoms with E-state index in [1.807, 2.05) is 7.05 Å². The van der Waals surface area contributed by atoms with E-state index in [1.54, 1.807) is 6.33 Å². The van der Waals surface area contributed by atoms with Crippen LogP contribution in [0.2, 0.25) is 0 Å². The zero-order valence-corrected chi connectivity index (χ0v) is 11.9. The van der Waals surface area contributed by atoms with Crippen LogP contribution in [0.3, 0.4) is 0 Å². The van der Waals surface area contributed by atoms with Gasteiger partial charge in [0.2, 0.25) is 0 Å². The van der Waals surface area contributed by atoms with Gasteiger partial charge in [-0.05, 0) is 37.5 Å². The third-order valence-electron chi connectivity index (χ3n) is 3.18. The van der Waals surface area contributed by atoms with E-state index in [4.69, 9.17) is 0 Å². The van der Waals surface area contributed by atoms with Crippen LogP contribution in [0.15, 0.2) is 24.5 Å². The maximum absolute atomic E-state index is 4.36. The average Bonchev–Trinajstić information content (AvgIpc) is 2.42. The van der Waals surface area contributed by atoms with Gasteiger partial charge in [-0.2, -0.15) is 0 Å². The topological polar surface area (TPSA) is 49.8 Å². The van der Waals surface area contributed by atoms with Gasteiger partial charge < -0.3 is 10.6 Å². The summed E-state index contributed by atoms with van der Waals surface area (Å²) in [7, 11) is 1.88. The second-order valence-corrected chi connectivity index (χ2v) is 4.60.